The Bertz CT molecular complexity index is 1180. The van der Waals surface area contributed by atoms with Crippen LogP contribution in [0.25, 0.3) is 10.9 Å². The summed E-state index contributed by atoms with van der Waals surface area (Å²) in [5.74, 6) is 0.451. The molecule has 0 aliphatic rings. The largest absolute Gasteiger partial charge is 0.490 e. The number of fused-ring (bicyclic) bond motifs is 1. The number of nitro benzene ring substituents is 1. The molecule has 28 heavy (non-hydrogen) atoms. The van der Waals surface area contributed by atoms with E-state index in [4.69, 9.17) is 16.3 Å². The third-order valence-corrected chi connectivity index (χ3v) is 4.68. The summed E-state index contributed by atoms with van der Waals surface area (Å²) in [5.41, 5.74) is 0.187. The van der Waals surface area contributed by atoms with Crippen LogP contribution in [0.4, 0.5) is 5.69 Å². The fraction of sp³-hybridized carbons (Fsp3) is 0.167. The molecule has 10 heteroatoms. The molecule has 0 atom stereocenters. The summed E-state index contributed by atoms with van der Waals surface area (Å²) >= 11 is 9.32. The first-order chi connectivity index (χ1) is 13.3. The van der Waals surface area contributed by atoms with Crippen molar-refractivity contribution in [2.24, 2.45) is 5.10 Å². The first kappa shape index (κ1) is 20.0. The van der Waals surface area contributed by atoms with Gasteiger partial charge in [-0.2, -0.15) is 9.78 Å². The molecule has 0 aliphatic carbocycles. The molecule has 1 aromatic heterocycles. The molecule has 0 bridgehead atoms. The summed E-state index contributed by atoms with van der Waals surface area (Å²) < 4.78 is 7.06. The Morgan fingerprint density at radius 3 is 2.79 bits per heavy atom. The van der Waals surface area contributed by atoms with Crippen LogP contribution in [-0.2, 0) is 6.42 Å². The minimum atomic E-state index is -0.596. The molecule has 144 valence electrons. The monoisotopic (exact) mass is 464 g/mol. The average Bonchev–Trinajstić information content (AvgIpc) is 2.66. The Hall–Kier alpha value is -2.78. The molecule has 0 spiro atoms. The minimum Gasteiger partial charge on any atom is -0.490 e. The molecule has 0 N–H and O–H groups in total. The van der Waals surface area contributed by atoms with Gasteiger partial charge in [0.05, 0.1) is 29.2 Å². The van der Waals surface area contributed by atoms with Gasteiger partial charge >= 0.3 is 5.69 Å². The first-order valence-electron chi connectivity index (χ1n) is 8.13. The minimum absolute atomic E-state index is 0.000685. The smallest absolute Gasteiger partial charge is 0.313 e. The third kappa shape index (κ3) is 3.76. The second kappa shape index (κ2) is 8.07. The van der Waals surface area contributed by atoms with Crippen molar-refractivity contribution >= 4 is 50.3 Å². The molecule has 0 saturated heterocycles. The topological polar surface area (TPSA) is 99.6 Å². The number of aromatic nitrogens is 2. The van der Waals surface area contributed by atoms with E-state index in [2.05, 4.69) is 26.0 Å². The van der Waals surface area contributed by atoms with E-state index in [0.29, 0.717) is 23.1 Å². The zero-order valence-electron chi connectivity index (χ0n) is 14.8. The highest BCUT2D eigenvalue weighted by atomic mass is 79.9. The number of methoxy groups -OCH3 is 1. The van der Waals surface area contributed by atoms with Gasteiger partial charge in [-0.25, -0.2) is 4.98 Å². The van der Waals surface area contributed by atoms with E-state index in [1.54, 1.807) is 18.2 Å². The summed E-state index contributed by atoms with van der Waals surface area (Å²) in [6.45, 7) is 1.85. The van der Waals surface area contributed by atoms with Gasteiger partial charge in [0, 0.05) is 27.5 Å². The number of nitrogens with zero attached hydrogens (tertiary/aromatic N) is 4. The number of aryl methyl sites for hydroxylation is 1. The van der Waals surface area contributed by atoms with Crippen LogP contribution in [0.15, 0.2) is 44.7 Å². The van der Waals surface area contributed by atoms with Gasteiger partial charge in [-0.1, -0.05) is 34.5 Å². The average molecular weight is 466 g/mol. The van der Waals surface area contributed by atoms with Gasteiger partial charge in [0.15, 0.2) is 0 Å². The first-order valence-corrected chi connectivity index (χ1v) is 9.30. The fourth-order valence-corrected chi connectivity index (χ4v) is 3.30. The predicted octanol–water partition coefficient (Wildman–Crippen LogP) is 4.17. The van der Waals surface area contributed by atoms with Crippen molar-refractivity contribution in [3.63, 3.8) is 0 Å². The maximum absolute atomic E-state index is 12.9. The molecule has 3 rings (SSSR count). The fourth-order valence-electron chi connectivity index (χ4n) is 2.72. The van der Waals surface area contributed by atoms with E-state index in [1.807, 2.05) is 6.92 Å². The van der Waals surface area contributed by atoms with E-state index in [1.165, 1.54) is 30.1 Å². The number of hydrogen-bond donors (Lipinski definition) is 0. The van der Waals surface area contributed by atoms with Gasteiger partial charge < -0.3 is 4.74 Å². The maximum Gasteiger partial charge on any atom is 0.313 e. The van der Waals surface area contributed by atoms with Crippen molar-refractivity contribution in [3.05, 3.63) is 71.7 Å². The summed E-state index contributed by atoms with van der Waals surface area (Å²) in [7, 11) is 1.31. The molecule has 0 aliphatic heterocycles. The number of hydrogen-bond acceptors (Lipinski definition) is 6. The highest BCUT2D eigenvalue weighted by Gasteiger charge is 2.20. The van der Waals surface area contributed by atoms with Crippen molar-refractivity contribution < 1.29 is 9.66 Å². The zero-order chi connectivity index (χ0) is 20.4. The van der Waals surface area contributed by atoms with Crippen LogP contribution in [0, 0.1) is 10.1 Å². The van der Waals surface area contributed by atoms with Gasteiger partial charge in [0.2, 0.25) is 5.75 Å². The molecule has 1 heterocycles. The lowest BCUT2D eigenvalue weighted by molar-refractivity contribution is -0.385. The van der Waals surface area contributed by atoms with Crippen LogP contribution < -0.4 is 10.3 Å². The van der Waals surface area contributed by atoms with E-state index in [9.17, 15) is 14.9 Å². The Labute approximate surface area is 172 Å². The van der Waals surface area contributed by atoms with Crippen LogP contribution in [0.3, 0.4) is 0 Å². The van der Waals surface area contributed by atoms with Crippen molar-refractivity contribution in [2.75, 3.05) is 7.11 Å². The molecule has 0 amide bonds. The van der Waals surface area contributed by atoms with Gasteiger partial charge in [0.1, 0.15) is 5.82 Å². The van der Waals surface area contributed by atoms with Crippen LogP contribution in [0.2, 0.25) is 5.02 Å². The summed E-state index contributed by atoms with van der Waals surface area (Å²) in [6.07, 6.45) is 1.76. The molecule has 2 aromatic carbocycles. The van der Waals surface area contributed by atoms with Gasteiger partial charge in [-0.15, -0.1) is 0 Å². The lowest BCUT2D eigenvalue weighted by Gasteiger charge is -2.09. The van der Waals surface area contributed by atoms with Crippen LogP contribution in [-0.4, -0.2) is 27.9 Å². The molecule has 0 fully saturated rings. The molecule has 0 unspecified atom stereocenters. The summed E-state index contributed by atoms with van der Waals surface area (Å²) in [6, 6.07) is 7.88. The lowest BCUT2D eigenvalue weighted by Crippen LogP contribution is -2.22. The highest BCUT2D eigenvalue weighted by molar-refractivity contribution is 9.10. The van der Waals surface area contributed by atoms with Gasteiger partial charge in [-0.3, -0.25) is 14.9 Å². The Kier molecular flexibility index (Phi) is 5.76. The second-order valence-corrected chi connectivity index (χ2v) is 7.06. The Morgan fingerprint density at radius 1 is 1.39 bits per heavy atom. The quantitative estimate of drug-likeness (QED) is 0.320. The number of halogens is 2. The van der Waals surface area contributed by atoms with E-state index in [0.717, 1.165) is 4.47 Å². The third-order valence-electron chi connectivity index (χ3n) is 3.97. The van der Waals surface area contributed by atoms with Crippen molar-refractivity contribution in [1.82, 2.24) is 9.66 Å². The second-order valence-electron chi connectivity index (χ2n) is 5.71. The van der Waals surface area contributed by atoms with Crippen molar-refractivity contribution in [3.8, 4) is 5.75 Å². The van der Waals surface area contributed by atoms with Crippen LogP contribution in [0.1, 0.15) is 18.3 Å². The molecule has 3 aromatic rings. The zero-order valence-corrected chi connectivity index (χ0v) is 17.2. The molecule has 8 nitrogen and oxygen atoms in total. The standard InChI is InChI=1S/C18H14BrClN4O4/c1-3-16-22-14-5-4-11(19)7-13(14)18(25)23(16)21-9-10-6-12(20)8-15(24(26)27)17(10)28-2/h4-9H,3H2,1-2H3. The van der Waals surface area contributed by atoms with Crippen LogP contribution >= 0.6 is 27.5 Å². The van der Waals surface area contributed by atoms with Crippen molar-refractivity contribution in [1.29, 1.82) is 0 Å². The molecular formula is C18H14BrClN4O4. The number of benzene rings is 2. The molecular weight excluding hydrogens is 452 g/mol. The predicted molar refractivity (Wildman–Crippen MR) is 111 cm³/mol. The van der Waals surface area contributed by atoms with E-state index in [-0.39, 0.29) is 27.6 Å². The van der Waals surface area contributed by atoms with Gasteiger partial charge in [0.25, 0.3) is 5.56 Å². The molecule has 0 saturated carbocycles. The van der Waals surface area contributed by atoms with E-state index >= 15 is 0 Å². The normalized spacial score (nSPS) is 11.3. The number of rotatable bonds is 5. The van der Waals surface area contributed by atoms with Gasteiger partial charge in [-0.05, 0) is 24.3 Å². The molecule has 0 radical (unpaired) electrons. The highest BCUT2D eigenvalue weighted by Crippen LogP contribution is 2.33. The number of nitro groups is 1. The van der Waals surface area contributed by atoms with Crippen molar-refractivity contribution in [2.45, 2.75) is 13.3 Å². The lowest BCUT2D eigenvalue weighted by atomic mass is 10.2. The maximum atomic E-state index is 12.9. The van der Waals surface area contributed by atoms with Crippen LogP contribution in [0.5, 0.6) is 5.75 Å². The van der Waals surface area contributed by atoms with E-state index < -0.39 is 4.92 Å². The Morgan fingerprint density at radius 2 is 2.14 bits per heavy atom. The summed E-state index contributed by atoms with van der Waals surface area (Å²) in [5, 5.41) is 16.0. The Balaban J connectivity index is 2.20. The SMILES string of the molecule is CCc1nc2ccc(Br)cc2c(=O)n1N=Cc1cc(Cl)cc([N+](=O)[O-])c1OC. The number of ether oxygens (including phenoxy) is 1. The summed E-state index contributed by atoms with van der Waals surface area (Å²) in [4.78, 5) is 28.0.